The number of ketones is 1. The highest BCUT2D eigenvalue weighted by molar-refractivity contribution is 7.54. The average Bonchev–Trinajstić information content (AvgIpc) is 2.46. The topological polar surface area (TPSA) is 104 Å². The van der Waals surface area contributed by atoms with Crippen molar-refractivity contribution in [3.8, 4) is 11.5 Å². The highest BCUT2D eigenvalue weighted by Gasteiger charge is 2.43. The molecule has 0 amide bonds. The molecule has 0 aliphatic carbocycles. The van der Waals surface area contributed by atoms with Crippen molar-refractivity contribution in [2.75, 3.05) is 7.11 Å². The van der Waals surface area contributed by atoms with Gasteiger partial charge in [-0.2, -0.15) is 0 Å². The van der Waals surface area contributed by atoms with Crippen molar-refractivity contribution < 1.29 is 29.0 Å². The maximum Gasteiger partial charge on any atom is 0.338 e. The summed E-state index contributed by atoms with van der Waals surface area (Å²) in [5.41, 5.74) is 1.30. The molecule has 0 fully saturated rings. The number of hydrogen-bond acceptors (Lipinski definition) is 4. The van der Waals surface area contributed by atoms with Gasteiger partial charge in [0.2, 0.25) is 0 Å². The van der Waals surface area contributed by atoms with Gasteiger partial charge in [0.1, 0.15) is 5.16 Å². The van der Waals surface area contributed by atoms with Crippen molar-refractivity contribution in [3.05, 3.63) is 29.3 Å². The maximum absolute atomic E-state index is 12.1. The number of allylic oxidation sites excluding steroid dienone is 1. The number of methoxy groups -OCH3 is 1. The first-order valence-electron chi connectivity index (χ1n) is 7.22. The zero-order valence-corrected chi connectivity index (χ0v) is 14.6. The SMILES string of the molecule is CCCc1cc(C=CC(=O)C(C)(C)P(=O)(O)O)cc(OC)c1O. The van der Waals surface area contributed by atoms with Crippen molar-refractivity contribution in [2.45, 2.75) is 38.8 Å². The van der Waals surface area contributed by atoms with Crippen LogP contribution in [0.4, 0.5) is 0 Å². The van der Waals surface area contributed by atoms with Crippen molar-refractivity contribution in [2.24, 2.45) is 0 Å². The number of phenols is 1. The third-order valence-corrected chi connectivity index (χ3v) is 5.35. The summed E-state index contributed by atoms with van der Waals surface area (Å²) in [4.78, 5) is 30.6. The smallest absolute Gasteiger partial charge is 0.338 e. The Hall–Kier alpha value is -1.62. The summed E-state index contributed by atoms with van der Waals surface area (Å²) in [6.45, 7) is 4.39. The third-order valence-electron chi connectivity index (χ3n) is 3.67. The summed E-state index contributed by atoms with van der Waals surface area (Å²) in [5.74, 6) is -0.319. The quantitative estimate of drug-likeness (QED) is 0.520. The van der Waals surface area contributed by atoms with Gasteiger partial charge in [0, 0.05) is 0 Å². The second-order valence-corrected chi connectivity index (χ2v) is 7.99. The molecule has 6 nitrogen and oxygen atoms in total. The van der Waals surface area contributed by atoms with Crippen molar-refractivity contribution in [1.29, 1.82) is 0 Å². The highest BCUT2D eigenvalue weighted by Crippen LogP contribution is 2.50. The Morgan fingerprint density at radius 3 is 2.43 bits per heavy atom. The molecule has 0 spiro atoms. The first-order chi connectivity index (χ1) is 10.5. The van der Waals surface area contributed by atoms with Gasteiger partial charge in [0.25, 0.3) is 0 Å². The van der Waals surface area contributed by atoms with Crippen molar-refractivity contribution >= 4 is 19.5 Å². The molecule has 0 saturated heterocycles. The number of carbonyl (C=O) groups excluding carboxylic acids is 1. The molecule has 0 aromatic heterocycles. The zero-order chi connectivity index (χ0) is 17.8. The summed E-state index contributed by atoms with van der Waals surface area (Å²) in [6, 6.07) is 3.28. The minimum Gasteiger partial charge on any atom is -0.504 e. The number of benzene rings is 1. The van der Waals surface area contributed by atoms with E-state index in [1.54, 1.807) is 12.1 Å². The third kappa shape index (κ3) is 4.44. The Kier molecular flexibility index (Phi) is 6.17. The van der Waals surface area contributed by atoms with Gasteiger partial charge in [0.05, 0.1) is 7.11 Å². The Bertz CT molecular complexity index is 657. The fourth-order valence-electron chi connectivity index (χ4n) is 1.92. The van der Waals surface area contributed by atoms with Gasteiger partial charge in [-0.3, -0.25) is 9.36 Å². The molecule has 23 heavy (non-hydrogen) atoms. The molecule has 1 rings (SSSR count). The zero-order valence-electron chi connectivity index (χ0n) is 13.7. The van der Waals surface area contributed by atoms with E-state index in [4.69, 9.17) is 4.74 Å². The van der Waals surface area contributed by atoms with Crippen LogP contribution in [-0.2, 0) is 15.8 Å². The summed E-state index contributed by atoms with van der Waals surface area (Å²) in [5, 5.41) is 8.26. The number of aryl methyl sites for hydroxylation is 1. The van der Waals surface area contributed by atoms with E-state index < -0.39 is 18.5 Å². The lowest BCUT2D eigenvalue weighted by atomic mass is 10.0. The molecule has 0 aliphatic rings. The molecule has 0 aliphatic heterocycles. The lowest BCUT2D eigenvalue weighted by Crippen LogP contribution is -2.29. The molecular formula is C16H23O6P. The summed E-state index contributed by atoms with van der Waals surface area (Å²) < 4.78 is 16.5. The minimum absolute atomic E-state index is 0.0633. The van der Waals surface area contributed by atoms with E-state index in [0.717, 1.165) is 12.5 Å². The van der Waals surface area contributed by atoms with E-state index in [9.17, 15) is 24.3 Å². The number of carbonyl (C=O) groups is 1. The summed E-state index contributed by atoms with van der Waals surface area (Å²) >= 11 is 0. The standard InChI is InChI=1S/C16H23O6P/c1-5-6-12-9-11(10-13(22-4)15(12)18)7-8-14(17)16(2,3)23(19,20)21/h7-10,18H,5-6H2,1-4H3,(H2,19,20,21). The van der Waals surface area contributed by atoms with E-state index >= 15 is 0 Å². The molecule has 0 bridgehead atoms. The second kappa shape index (κ2) is 7.30. The van der Waals surface area contributed by atoms with E-state index in [-0.39, 0.29) is 11.5 Å². The van der Waals surface area contributed by atoms with Crippen LogP contribution in [0.25, 0.3) is 6.08 Å². The van der Waals surface area contributed by atoms with Crippen LogP contribution in [0.5, 0.6) is 11.5 Å². The van der Waals surface area contributed by atoms with E-state index in [1.165, 1.54) is 27.0 Å². The Labute approximate surface area is 136 Å². The summed E-state index contributed by atoms with van der Waals surface area (Å²) in [6.07, 6.45) is 4.07. The molecule has 3 N–H and O–H groups in total. The average molecular weight is 342 g/mol. The van der Waals surface area contributed by atoms with Crippen LogP contribution in [0.15, 0.2) is 18.2 Å². The molecule has 0 unspecified atom stereocenters. The molecule has 0 atom stereocenters. The molecule has 1 aromatic carbocycles. The number of rotatable bonds is 7. The van der Waals surface area contributed by atoms with Crippen LogP contribution >= 0.6 is 7.60 Å². The monoisotopic (exact) mass is 342 g/mol. The lowest BCUT2D eigenvalue weighted by Gasteiger charge is -2.22. The maximum atomic E-state index is 12.1. The van der Waals surface area contributed by atoms with Crippen molar-refractivity contribution in [1.82, 2.24) is 0 Å². The Balaban J connectivity index is 3.16. The fraction of sp³-hybridized carbons (Fsp3) is 0.438. The minimum atomic E-state index is -4.55. The van der Waals surface area contributed by atoms with E-state index in [0.29, 0.717) is 17.5 Å². The molecule has 7 heteroatoms. The van der Waals surface area contributed by atoms with Crippen LogP contribution < -0.4 is 4.74 Å². The number of ether oxygens (including phenoxy) is 1. The van der Waals surface area contributed by atoms with Gasteiger partial charge < -0.3 is 19.6 Å². The molecular weight excluding hydrogens is 319 g/mol. The molecule has 0 radical (unpaired) electrons. The first-order valence-corrected chi connectivity index (χ1v) is 8.83. The van der Waals surface area contributed by atoms with Crippen molar-refractivity contribution in [3.63, 3.8) is 0 Å². The first kappa shape index (κ1) is 19.4. The molecule has 0 saturated carbocycles. The van der Waals surface area contributed by atoms with Crippen LogP contribution in [0.3, 0.4) is 0 Å². The molecule has 0 heterocycles. The van der Waals surface area contributed by atoms with E-state index in [2.05, 4.69) is 0 Å². The largest absolute Gasteiger partial charge is 0.504 e. The van der Waals surface area contributed by atoms with E-state index in [1.807, 2.05) is 6.92 Å². The van der Waals surface area contributed by atoms with Gasteiger partial charge in [-0.1, -0.05) is 19.4 Å². The molecule has 1 aromatic rings. The van der Waals surface area contributed by atoms with Gasteiger partial charge >= 0.3 is 7.60 Å². The Morgan fingerprint density at radius 2 is 1.96 bits per heavy atom. The predicted octanol–water partition coefficient (Wildman–Crippen LogP) is 2.89. The normalized spacial score (nSPS) is 12.6. The number of phenolic OH excluding ortho intramolecular Hbond substituents is 1. The van der Waals surface area contributed by atoms with Gasteiger partial charge in [0.15, 0.2) is 17.3 Å². The Morgan fingerprint density at radius 1 is 1.35 bits per heavy atom. The molecule has 128 valence electrons. The lowest BCUT2D eigenvalue weighted by molar-refractivity contribution is -0.116. The number of aromatic hydroxyl groups is 1. The van der Waals surface area contributed by atoms with Gasteiger partial charge in [-0.15, -0.1) is 0 Å². The van der Waals surface area contributed by atoms with Crippen LogP contribution in [0.1, 0.15) is 38.3 Å². The number of hydrogen-bond donors (Lipinski definition) is 3. The summed E-state index contributed by atoms with van der Waals surface area (Å²) in [7, 11) is -3.12. The van der Waals surface area contributed by atoms with Crippen LogP contribution in [-0.4, -0.2) is 32.9 Å². The highest BCUT2D eigenvalue weighted by atomic mass is 31.2. The van der Waals surface area contributed by atoms with Crippen LogP contribution in [0, 0.1) is 0 Å². The second-order valence-electron chi connectivity index (χ2n) is 5.78. The van der Waals surface area contributed by atoms with Gasteiger partial charge in [-0.05, 0) is 49.6 Å². The van der Waals surface area contributed by atoms with Gasteiger partial charge in [-0.25, -0.2) is 0 Å². The fourth-order valence-corrected chi connectivity index (χ4v) is 2.28. The van der Waals surface area contributed by atoms with Crippen LogP contribution in [0.2, 0.25) is 0 Å². The predicted molar refractivity (Wildman–Crippen MR) is 88.8 cm³/mol.